The molecule has 0 amide bonds. The Hall–Kier alpha value is -3.49. The molecule has 12 nitrogen and oxygen atoms in total. The first-order chi connectivity index (χ1) is 45.3. The molecule has 8 aliphatic carbocycles. The molecule has 3 aliphatic heterocycles. The van der Waals surface area contributed by atoms with Crippen LogP contribution < -0.4 is 0 Å². The third kappa shape index (κ3) is 18.8. The first-order valence-electron chi connectivity index (χ1n) is 38.7. The van der Waals surface area contributed by atoms with E-state index in [0.717, 1.165) is 115 Å². The van der Waals surface area contributed by atoms with Gasteiger partial charge in [0.25, 0.3) is 10.1 Å². The number of carbonyl (C=O) groups is 2. The van der Waals surface area contributed by atoms with Crippen LogP contribution in [0.2, 0.25) is 0 Å². The van der Waals surface area contributed by atoms with Gasteiger partial charge in [-0.15, -0.1) is 0 Å². The van der Waals surface area contributed by atoms with Crippen molar-refractivity contribution in [3.63, 3.8) is 0 Å². The van der Waals surface area contributed by atoms with Crippen LogP contribution >= 0.6 is 0 Å². The lowest BCUT2D eigenvalue weighted by Gasteiger charge is -2.58. The van der Waals surface area contributed by atoms with Crippen molar-refractivity contribution in [1.82, 2.24) is 0 Å². The van der Waals surface area contributed by atoms with E-state index >= 15 is 0 Å². The first-order valence-corrected chi connectivity index (χ1v) is 40.1. The first kappa shape index (κ1) is 76.7. The molecule has 0 spiro atoms. The van der Waals surface area contributed by atoms with Crippen molar-refractivity contribution in [2.75, 3.05) is 33.0 Å². The van der Waals surface area contributed by atoms with Crippen LogP contribution in [0.15, 0.2) is 76.1 Å². The molecule has 12 rings (SSSR count). The van der Waals surface area contributed by atoms with Gasteiger partial charge in [0.15, 0.2) is 0 Å². The average molecular weight is 1350 g/mol. The van der Waals surface area contributed by atoms with Gasteiger partial charge < -0.3 is 33.2 Å². The SMILES string of the molecule is C1CCOC1.CC(C)CCC[C@@H](C)[C@H]1CC[C@H]2[C@@H]3CC=C4C[C@@H](OCCCC5=CC(=O)OC(C)(C)O5)CC[C@]4(C)[C@H]3CC[C@]12C.CC1=CC(=O)OC(C)(C)O1.Cc1ccc(S(=O)(=O)OCCO[C@H]2CC[C@@]3(C)C(=CC[C@H]4[C@@H]5CC[C@H]([C@H](C)CCCC(C)C)[C@@]5(C)CC[C@@H]43)C2)cc1. The second-order valence-electron chi connectivity index (χ2n) is 34.8. The molecule has 13 heteroatoms. The Kier molecular flexibility index (Phi) is 26.1. The molecule has 16 atom stereocenters. The Morgan fingerprint density at radius 1 is 0.521 bits per heavy atom. The van der Waals surface area contributed by atoms with Crippen molar-refractivity contribution < 1.29 is 55.3 Å². The summed E-state index contributed by atoms with van der Waals surface area (Å²) in [5.74, 6) is 9.42. The molecule has 0 radical (unpaired) electrons. The highest BCUT2D eigenvalue weighted by Crippen LogP contribution is 2.69. The van der Waals surface area contributed by atoms with Crippen molar-refractivity contribution in [2.45, 2.75) is 306 Å². The van der Waals surface area contributed by atoms with E-state index in [1.807, 2.05) is 6.92 Å². The van der Waals surface area contributed by atoms with E-state index in [1.54, 1.807) is 70.0 Å². The third-order valence-electron chi connectivity index (χ3n) is 26.3. The predicted octanol–water partition coefficient (Wildman–Crippen LogP) is 20.5. The lowest BCUT2D eigenvalue weighted by molar-refractivity contribution is -0.206. The van der Waals surface area contributed by atoms with Crippen LogP contribution in [0.5, 0.6) is 0 Å². The van der Waals surface area contributed by atoms with E-state index < -0.39 is 21.7 Å². The maximum absolute atomic E-state index is 12.5. The van der Waals surface area contributed by atoms with Crippen LogP contribution in [0.1, 0.15) is 276 Å². The second kappa shape index (κ2) is 32.7. The number of rotatable bonds is 21. The van der Waals surface area contributed by atoms with Gasteiger partial charge in [-0.05, 0) is 241 Å². The maximum atomic E-state index is 12.5. The Bertz CT molecular complexity index is 2960. The van der Waals surface area contributed by atoms with E-state index in [-0.39, 0.29) is 29.5 Å². The third-order valence-corrected chi connectivity index (χ3v) is 27.7. The number of hydrogen-bond acceptors (Lipinski definition) is 12. The Labute approximate surface area is 583 Å². The molecule has 0 aromatic heterocycles. The minimum atomic E-state index is -3.74. The summed E-state index contributed by atoms with van der Waals surface area (Å²) in [6.07, 6.45) is 41.9. The van der Waals surface area contributed by atoms with Crippen LogP contribution in [0.25, 0.3) is 0 Å². The fourth-order valence-electron chi connectivity index (χ4n) is 21.5. The minimum Gasteiger partial charge on any atom is -0.457 e. The number of ether oxygens (including phenoxy) is 7. The largest absolute Gasteiger partial charge is 0.457 e. The second-order valence-corrected chi connectivity index (χ2v) is 36.4. The van der Waals surface area contributed by atoms with Crippen molar-refractivity contribution in [3.05, 3.63) is 76.8 Å². The number of hydrogen-bond donors (Lipinski definition) is 0. The number of allylic oxidation sites excluding steroid dienone is 4. The van der Waals surface area contributed by atoms with Crippen LogP contribution in [0.3, 0.4) is 0 Å². The molecular formula is C83H132O12S. The zero-order valence-corrected chi connectivity index (χ0v) is 63.7. The van der Waals surface area contributed by atoms with Gasteiger partial charge >= 0.3 is 11.9 Å². The van der Waals surface area contributed by atoms with Gasteiger partial charge in [0.1, 0.15) is 11.5 Å². The minimum absolute atomic E-state index is 0.0606. The van der Waals surface area contributed by atoms with E-state index in [1.165, 1.54) is 147 Å². The van der Waals surface area contributed by atoms with Crippen LogP contribution in [-0.2, 0) is 57.0 Å². The summed E-state index contributed by atoms with van der Waals surface area (Å²) in [5.41, 5.74) is 6.10. The fourth-order valence-corrected chi connectivity index (χ4v) is 22.4. The summed E-state index contributed by atoms with van der Waals surface area (Å²) in [7, 11) is -3.74. The van der Waals surface area contributed by atoms with Crippen molar-refractivity contribution in [2.24, 2.45) is 92.7 Å². The normalized spacial score (nSPS) is 35.3. The van der Waals surface area contributed by atoms with Crippen LogP contribution in [0.4, 0.5) is 0 Å². The van der Waals surface area contributed by atoms with E-state index in [0.29, 0.717) is 58.9 Å². The van der Waals surface area contributed by atoms with Crippen LogP contribution in [0, 0.1) is 99.6 Å². The summed E-state index contributed by atoms with van der Waals surface area (Å²) in [6.45, 7) is 38.9. The van der Waals surface area contributed by atoms with Gasteiger partial charge in [-0.2, -0.15) is 8.42 Å². The number of benzene rings is 1. The molecule has 7 fully saturated rings. The Balaban J connectivity index is 0.000000185. The molecule has 1 aromatic carbocycles. The summed E-state index contributed by atoms with van der Waals surface area (Å²) < 4.78 is 68.8. The Morgan fingerprint density at radius 2 is 1.00 bits per heavy atom. The van der Waals surface area contributed by atoms with E-state index in [2.05, 4.69) is 81.4 Å². The zero-order chi connectivity index (χ0) is 69.4. The molecule has 96 heavy (non-hydrogen) atoms. The van der Waals surface area contributed by atoms with Crippen LogP contribution in [-0.4, -0.2) is 77.2 Å². The average Bonchev–Trinajstić information content (AvgIpc) is 1.38. The molecule has 1 aromatic rings. The maximum Gasteiger partial charge on any atom is 0.337 e. The van der Waals surface area contributed by atoms with Crippen molar-refractivity contribution in [3.8, 4) is 0 Å². The molecule has 1 saturated heterocycles. The summed E-state index contributed by atoms with van der Waals surface area (Å²) in [5, 5.41) is 0. The zero-order valence-electron chi connectivity index (χ0n) is 62.9. The van der Waals surface area contributed by atoms with Crippen molar-refractivity contribution in [1.29, 1.82) is 0 Å². The molecular weight excluding hydrogens is 1220 g/mol. The standard InChI is InChI=1S/C36H56O4S.C36H58O4.C7H10O3.C4H8O/c1-25(2)8-7-9-27(4)32-16-17-33-31-15-12-28-24-29(18-20-35(28,5)34(31)19-21-36(32,33)6)39-22-23-40-41(37,38)30-13-10-26(3)11-14-30;1-24(2)10-8-11-25(3)30-15-16-31-29-14-13-26-22-27(17-19-35(26,6)32(29)18-20-36(30,31)7)38-21-9-12-28-23-33(37)40-34(4,5)39-28;1-5-4-6(8)10-7(2,3)9-5;1-2-4-5-3-1/h10-14,25,27,29,31-34H,7-9,15-24H2,1-6H3;13,23-25,27,29-32H,8-12,14-22H2,1-7H3;4H,1-3H3;1-4H2/t27-,29+,31+,32-,33+,34+,35+,36-;25-,27+,29+,30-,31+,32+,35+,36-;;/m11../s1. The smallest absolute Gasteiger partial charge is 0.337 e. The van der Waals surface area contributed by atoms with E-state index in [4.69, 9.17) is 37.3 Å². The highest BCUT2D eigenvalue weighted by atomic mass is 32.2. The van der Waals surface area contributed by atoms with Gasteiger partial charge in [0, 0.05) is 53.9 Å². The fraction of sp³-hybridized carbons (Fsp3) is 0.807. The summed E-state index contributed by atoms with van der Waals surface area (Å²) >= 11 is 0. The molecule has 542 valence electrons. The molecule has 0 bridgehead atoms. The number of fused-ring (bicyclic) bond motifs is 10. The van der Waals surface area contributed by atoms with Gasteiger partial charge in [-0.25, -0.2) is 9.59 Å². The Morgan fingerprint density at radius 3 is 1.45 bits per heavy atom. The lowest BCUT2D eigenvalue weighted by atomic mass is 9.47. The predicted molar refractivity (Wildman–Crippen MR) is 384 cm³/mol. The number of esters is 2. The van der Waals surface area contributed by atoms with Gasteiger partial charge in [-0.3, -0.25) is 4.18 Å². The molecule has 6 saturated carbocycles. The topological polar surface area (TPSA) is 142 Å². The quantitative estimate of drug-likeness (QED) is 0.0500. The van der Waals surface area contributed by atoms with Gasteiger partial charge in [0.05, 0.1) is 42.5 Å². The molecule has 0 unspecified atom stereocenters. The van der Waals surface area contributed by atoms with Gasteiger partial charge in [-0.1, -0.05) is 149 Å². The molecule has 3 heterocycles. The molecule has 0 N–H and O–H groups in total. The number of aryl methyl sites for hydroxylation is 1. The summed E-state index contributed by atoms with van der Waals surface area (Å²) in [6, 6.07) is 6.79. The highest BCUT2D eigenvalue weighted by Gasteiger charge is 2.61. The number of carbonyl (C=O) groups excluding carboxylic acids is 2. The van der Waals surface area contributed by atoms with E-state index in [9.17, 15) is 18.0 Å². The molecule has 11 aliphatic rings. The number of cyclic esters (lactones) is 2. The monoisotopic (exact) mass is 1350 g/mol. The summed E-state index contributed by atoms with van der Waals surface area (Å²) in [4.78, 5) is 22.7. The lowest BCUT2D eigenvalue weighted by Crippen LogP contribution is -2.51. The van der Waals surface area contributed by atoms with Crippen molar-refractivity contribution >= 4 is 22.1 Å². The highest BCUT2D eigenvalue weighted by molar-refractivity contribution is 7.86. The van der Waals surface area contributed by atoms with Gasteiger partial charge in [0.2, 0.25) is 11.6 Å².